The molecule has 0 aliphatic rings. The predicted molar refractivity (Wildman–Crippen MR) is 46.5 cm³/mol. The van der Waals surface area contributed by atoms with Crippen LogP contribution in [0.25, 0.3) is 0 Å². The third kappa shape index (κ3) is 1.79. The van der Waals surface area contributed by atoms with Gasteiger partial charge in [0, 0.05) is 6.20 Å². The lowest BCUT2D eigenvalue weighted by Crippen LogP contribution is -1.92. The number of hydrogen-bond donors (Lipinski definition) is 0. The summed E-state index contributed by atoms with van der Waals surface area (Å²) in [4.78, 5) is 7.43. The van der Waals surface area contributed by atoms with Crippen LogP contribution >= 0.6 is 34.4 Å². The molecule has 1 heterocycles. The lowest BCUT2D eigenvalue weighted by molar-refractivity contribution is 0.554. The van der Waals surface area contributed by atoms with Crippen LogP contribution in [0.5, 0.6) is 0 Å². The summed E-state index contributed by atoms with van der Waals surface area (Å²) >= 11 is 3.17. The van der Waals surface area contributed by atoms with Gasteiger partial charge in [0.15, 0.2) is 5.16 Å². The Hall–Kier alpha value is 0.0900. The minimum atomic E-state index is -0.444. The fourth-order valence-corrected chi connectivity index (χ4v) is 1.02. The van der Waals surface area contributed by atoms with Crippen molar-refractivity contribution < 1.29 is 4.39 Å². The van der Waals surface area contributed by atoms with Crippen LogP contribution in [0.1, 0.15) is 0 Å². The van der Waals surface area contributed by atoms with Crippen LogP contribution in [0.15, 0.2) is 11.4 Å². The Kier molecular flexibility index (Phi) is 2.84. The first-order valence-corrected chi connectivity index (χ1v) is 4.76. The lowest BCUT2D eigenvalue weighted by Gasteiger charge is -1.94. The number of hydrogen-bond acceptors (Lipinski definition) is 3. The van der Waals surface area contributed by atoms with Crippen molar-refractivity contribution in [3.05, 3.63) is 15.7 Å². The molecule has 0 bridgehead atoms. The van der Waals surface area contributed by atoms with E-state index in [9.17, 15) is 4.39 Å². The molecule has 1 rings (SSSR count). The van der Waals surface area contributed by atoms with Gasteiger partial charge in [0.1, 0.15) is 0 Å². The fraction of sp³-hybridized carbons (Fsp3) is 0.200. The molecular weight excluding hydrogens is 266 g/mol. The Morgan fingerprint density at radius 3 is 2.90 bits per heavy atom. The summed E-state index contributed by atoms with van der Waals surface area (Å²) in [5, 5.41) is 0.470. The molecule has 0 radical (unpaired) electrons. The summed E-state index contributed by atoms with van der Waals surface area (Å²) in [6.45, 7) is 0. The third-order valence-corrected chi connectivity index (χ3v) is 2.15. The van der Waals surface area contributed by atoms with Gasteiger partial charge in [-0.15, -0.1) is 0 Å². The van der Waals surface area contributed by atoms with E-state index in [4.69, 9.17) is 0 Å². The summed E-state index contributed by atoms with van der Waals surface area (Å²) < 4.78 is 13.0. The molecule has 0 atom stereocenters. The Morgan fingerprint density at radius 1 is 1.70 bits per heavy atom. The van der Waals surface area contributed by atoms with Crippen molar-refractivity contribution in [1.29, 1.82) is 0 Å². The molecule has 54 valence electrons. The average molecular weight is 270 g/mol. The van der Waals surface area contributed by atoms with Gasteiger partial charge < -0.3 is 0 Å². The van der Waals surface area contributed by atoms with E-state index in [2.05, 4.69) is 9.97 Å². The van der Waals surface area contributed by atoms with Crippen LogP contribution in [-0.4, -0.2) is 16.2 Å². The van der Waals surface area contributed by atoms with Gasteiger partial charge in [-0.1, -0.05) is 11.8 Å². The Balaban J connectivity index is 3.04. The molecule has 0 aliphatic heterocycles. The second-order valence-electron chi connectivity index (χ2n) is 1.50. The summed E-state index contributed by atoms with van der Waals surface area (Å²) in [6.07, 6.45) is 3.27. The highest BCUT2D eigenvalue weighted by atomic mass is 127. The van der Waals surface area contributed by atoms with Gasteiger partial charge in [0.25, 0.3) is 0 Å². The average Bonchev–Trinajstić information content (AvgIpc) is 1.95. The van der Waals surface area contributed by atoms with E-state index in [1.807, 2.05) is 28.8 Å². The zero-order valence-corrected chi connectivity index (χ0v) is 8.11. The fourth-order valence-electron chi connectivity index (χ4n) is 0.430. The second-order valence-corrected chi connectivity index (χ2v) is 3.43. The largest absolute Gasteiger partial charge is 0.230 e. The maximum Gasteiger partial charge on any atom is 0.230 e. The van der Waals surface area contributed by atoms with Crippen molar-refractivity contribution in [3.8, 4) is 0 Å². The first kappa shape index (κ1) is 8.19. The molecule has 0 spiro atoms. The SMILES string of the molecule is CSc1ncc(I)c(F)n1. The summed E-state index contributed by atoms with van der Waals surface area (Å²) in [5.74, 6) is -0.444. The van der Waals surface area contributed by atoms with Crippen molar-refractivity contribution in [2.75, 3.05) is 6.26 Å². The van der Waals surface area contributed by atoms with E-state index in [0.717, 1.165) is 0 Å². The maximum atomic E-state index is 12.6. The van der Waals surface area contributed by atoms with Crippen LogP contribution in [-0.2, 0) is 0 Å². The van der Waals surface area contributed by atoms with Crippen molar-refractivity contribution in [3.63, 3.8) is 0 Å². The molecule has 0 amide bonds. The second kappa shape index (κ2) is 3.47. The normalized spacial score (nSPS) is 9.90. The van der Waals surface area contributed by atoms with Crippen molar-refractivity contribution in [1.82, 2.24) is 9.97 Å². The molecule has 10 heavy (non-hydrogen) atoms. The summed E-state index contributed by atoms with van der Waals surface area (Å²) in [5.41, 5.74) is 0. The Bertz CT molecular complexity index is 243. The van der Waals surface area contributed by atoms with E-state index < -0.39 is 5.95 Å². The van der Waals surface area contributed by atoms with Gasteiger partial charge in [0.05, 0.1) is 3.57 Å². The monoisotopic (exact) mass is 270 g/mol. The number of thioether (sulfide) groups is 1. The molecule has 0 unspecified atom stereocenters. The van der Waals surface area contributed by atoms with Crippen LogP contribution < -0.4 is 0 Å². The Morgan fingerprint density at radius 2 is 2.40 bits per heavy atom. The van der Waals surface area contributed by atoms with Crippen molar-refractivity contribution >= 4 is 34.4 Å². The molecule has 5 heteroatoms. The molecular formula is C5H4FIN2S. The predicted octanol–water partition coefficient (Wildman–Crippen LogP) is 1.94. The van der Waals surface area contributed by atoms with E-state index >= 15 is 0 Å². The highest BCUT2D eigenvalue weighted by molar-refractivity contribution is 14.1. The molecule has 0 aromatic carbocycles. The van der Waals surface area contributed by atoms with Gasteiger partial charge in [-0.3, -0.25) is 0 Å². The van der Waals surface area contributed by atoms with Gasteiger partial charge in [-0.2, -0.15) is 9.37 Å². The lowest BCUT2D eigenvalue weighted by atomic mass is 10.7. The minimum absolute atomic E-state index is 0.444. The van der Waals surface area contributed by atoms with Crippen molar-refractivity contribution in [2.45, 2.75) is 5.16 Å². The van der Waals surface area contributed by atoms with E-state index in [-0.39, 0.29) is 0 Å². The molecule has 0 N–H and O–H groups in total. The first-order valence-electron chi connectivity index (χ1n) is 2.46. The molecule has 0 aliphatic carbocycles. The summed E-state index contributed by atoms with van der Waals surface area (Å²) in [7, 11) is 0. The van der Waals surface area contributed by atoms with Crippen LogP contribution in [0, 0.1) is 9.52 Å². The van der Waals surface area contributed by atoms with Crippen LogP contribution in [0.3, 0.4) is 0 Å². The maximum absolute atomic E-state index is 12.6. The van der Waals surface area contributed by atoms with Gasteiger partial charge >= 0.3 is 0 Å². The van der Waals surface area contributed by atoms with Gasteiger partial charge in [0.2, 0.25) is 5.95 Å². The van der Waals surface area contributed by atoms with Crippen molar-refractivity contribution in [2.24, 2.45) is 0 Å². The number of rotatable bonds is 1. The number of halogens is 2. The standard InChI is InChI=1S/C5H4FIN2S/c1-10-5-8-2-3(7)4(6)9-5/h2H,1H3. The highest BCUT2D eigenvalue weighted by Crippen LogP contribution is 2.11. The molecule has 0 saturated carbocycles. The Labute approximate surface area is 75.8 Å². The van der Waals surface area contributed by atoms with Gasteiger partial charge in [-0.25, -0.2) is 4.98 Å². The molecule has 1 aromatic rings. The number of aromatic nitrogens is 2. The molecule has 1 aromatic heterocycles. The quantitative estimate of drug-likeness (QED) is 0.337. The van der Waals surface area contributed by atoms with E-state index in [0.29, 0.717) is 8.73 Å². The minimum Gasteiger partial charge on any atom is -0.230 e. The van der Waals surface area contributed by atoms with E-state index in [1.54, 1.807) is 0 Å². The first-order chi connectivity index (χ1) is 4.74. The zero-order valence-electron chi connectivity index (χ0n) is 5.14. The van der Waals surface area contributed by atoms with Crippen LogP contribution in [0.4, 0.5) is 4.39 Å². The zero-order chi connectivity index (χ0) is 7.56. The van der Waals surface area contributed by atoms with Gasteiger partial charge in [-0.05, 0) is 28.8 Å². The topological polar surface area (TPSA) is 25.8 Å². The molecule has 0 saturated heterocycles. The summed E-state index contributed by atoms with van der Waals surface area (Å²) in [6, 6.07) is 0. The molecule has 0 fully saturated rings. The van der Waals surface area contributed by atoms with Crippen LogP contribution in [0.2, 0.25) is 0 Å². The number of nitrogens with zero attached hydrogens (tertiary/aromatic N) is 2. The van der Waals surface area contributed by atoms with E-state index in [1.165, 1.54) is 18.0 Å². The highest BCUT2D eigenvalue weighted by Gasteiger charge is 2.01. The third-order valence-electron chi connectivity index (χ3n) is 0.862. The molecule has 2 nitrogen and oxygen atoms in total. The smallest absolute Gasteiger partial charge is 0.230 e.